The van der Waals surface area contributed by atoms with Gasteiger partial charge >= 0.3 is 128 Å². The number of hydrogen-bond acceptors (Lipinski definition) is 0. The maximum absolute atomic E-state index is 3.53. The molecule has 0 saturated carbocycles. The van der Waals surface area contributed by atoms with E-state index in [0.29, 0.717) is 0 Å². The van der Waals surface area contributed by atoms with Crippen LogP contribution in [0.4, 0.5) is 0 Å². The van der Waals surface area contributed by atoms with Gasteiger partial charge in [0.05, 0.1) is 0 Å². The Kier molecular flexibility index (Phi) is 14.9. The number of halogens is 4. The Bertz CT molecular complexity index is 1530. The SMILES string of the molecule is Brc1cccc([C](=[Zr+2])c2cccc(Br)c2)c1.CC(C)(C)c1c[c-]c2c(c1)-c1cc(C(C)(C)C)ccc1C2.[Cl-].[Cl-].c1cc[cH-]c1. The van der Waals surface area contributed by atoms with Gasteiger partial charge < -0.3 is 24.8 Å². The third-order valence-corrected chi connectivity index (χ3v) is 9.71. The maximum atomic E-state index is 3.53. The van der Waals surface area contributed by atoms with Gasteiger partial charge in [0.2, 0.25) is 0 Å². The van der Waals surface area contributed by atoms with Crippen LogP contribution in [0.1, 0.15) is 74.9 Å². The van der Waals surface area contributed by atoms with Crippen molar-refractivity contribution in [3.05, 3.63) is 158 Å². The first-order valence-corrected chi connectivity index (χ1v) is 17.1. The zero-order chi connectivity index (χ0) is 30.5. The first-order valence-electron chi connectivity index (χ1n) is 14.3. The average Bonchev–Trinajstić information content (AvgIpc) is 3.63. The molecule has 0 amide bonds. The van der Waals surface area contributed by atoms with Crippen LogP contribution < -0.4 is 24.8 Å². The summed E-state index contributed by atoms with van der Waals surface area (Å²) < 4.78 is 3.62. The largest absolute Gasteiger partial charge is 1.00 e. The van der Waals surface area contributed by atoms with E-state index in [1.165, 1.54) is 71.9 Å². The van der Waals surface area contributed by atoms with Crippen LogP contribution in [0.25, 0.3) is 11.1 Å². The van der Waals surface area contributed by atoms with Crippen LogP contribution in [0.3, 0.4) is 0 Å². The topological polar surface area (TPSA) is 0 Å². The standard InChI is InChI=1S/C21H25.C13H8Br2.C5H5.2ClH.Zr/c1-20(2,3)16-9-7-14-11-15-8-10-17(21(4,5)6)13-19(15)18(14)12-16;14-12-5-1-3-10(8-12)7-11-4-2-6-13(15)9-11;1-2-4-5-3-1;;;/h7,9-10,12-13H,11H2,1-6H3;1-6,8-9H;1-5H;2*1H;/q-1;;-1;;;+2/p-2. The zero-order valence-electron chi connectivity index (χ0n) is 26.1. The molecule has 0 unspecified atom stereocenters. The van der Waals surface area contributed by atoms with Crippen molar-refractivity contribution in [1.82, 2.24) is 0 Å². The van der Waals surface area contributed by atoms with Crippen LogP contribution in [0, 0.1) is 6.07 Å². The molecule has 0 aliphatic heterocycles. The van der Waals surface area contributed by atoms with Crippen LogP contribution in [-0.4, -0.2) is 3.21 Å². The molecular formula is C39H38Br2Cl2Zr-2. The third-order valence-electron chi connectivity index (χ3n) is 7.31. The zero-order valence-corrected chi connectivity index (χ0v) is 33.3. The fourth-order valence-electron chi connectivity index (χ4n) is 4.76. The predicted octanol–water partition coefficient (Wildman–Crippen LogP) is 5.39. The molecule has 6 rings (SSSR count). The van der Waals surface area contributed by atoms with E-state index >= 15 is 0 Å². The molecule has 0 heterocycles. The van der Waals surface area contributed by atoms with Gasteiger partial charge in [-0.1, -0.05) is 76.3 Å². The molecule has 0 atom stereocenters. The van der Waals surface area contributed by atoms with E-state index in [1.807, 2.05) is 42.5 Å². The van der Waals surface area contributed by atoms with Gasteiger partial charge in [0.1, 0.15) is 0 Å². The summed E-state index contributed by atoms with van der Waals surface area (Å²) in [7, 11) is 0. The Morgan fingerprint density at radius 2 is 1.20 bits per heavy atom. The summed E-state index contributed by atoms with van der Waals surface area (Å²) >= 11 is 8.43. The molecule has 0 N–H and O–H groups in total. The minimum Gasteiger partial charge on any atom is -1.00 e. The Morgan fingerprint density at radius 1 is 0.682 bits per heavy atom. The van der Waals surface area contributed by atoms with E-state index in [9.17, 15) is 0 Å². The van der Waals surface area contributed by atoms with E-state index in [0.717, 1.165) is 15.4 Å². The van der Waals surface area contributed by atoms with Gasteiger partial charge in [-0.05, 0) is 17.4 Å². The minimum atomic E-state index is 0. The van der Waals surface area contributed by atoms with Crippen LogP contribution in [0.2, 0.25) is 0 Å². The number of hydrogen-bond donors (Lipinski definition) is 0. The molecule has 0 nitrogen and oxygen atoms in total. The molecule has 5 aromatic carbocycles. The van der Waals surface area contributed by atoms with E-state index in [2.05, 4.69) is 146 Å². The first kappa shape index (κ1) is 38.7. The molecule has 0 fully saturated rings. The first-order chi connectivity index (χ1) is 19.8. The summed E-state index contributed by atoms with van der Waals surface area (Å²) in [6, 6.07) is 41.9. The van der Waals surface area contributed by atoms with Crippen LogP contribution in [0.15, 0.2) is 118 Å². The van der Waals surface area contributed by atoms with E-state index in [1.54, 1.807) is 0 Å². The summed E-state index contributed by atoms with van der Waals surface area (Å²) in [5.74, 6) is 0. The number of benzene rings is 4. The molecule has 0 spiro atoms. The van der Waals surface area contributed by atoms with Gasteiger partial charge in [0.25, 0.3) is 0 Å². The Balaban J connectivity index is 0.000000260. The Morgan fingerprint density at radius 3 is 1.66 bits per heavy atom. The maximum Gasteiger partial charge on any atom is -0.0132 e. The molecule has 0 radical (unpaired) electrons. The van der Waals surface area contributed by atoms with Crippen LogP contribution >= 0.6 is 31.9 Å². The Hall–Kier alpha value is -1.48. The average molecular weight is 829 g/mol. The van der Waals surface area contributed by atoms with Crippen molar-refractivity contribution in [2.75, 3.05) is 0 Å². The third kappa shape index (κ3) is 10.5. The molecule has 0 saturated heterocycles. The second kappa shape index (κ2) is 16.9. The summed E-state index contributed by atoms with van der Waals surface area (Å²) in [4.78, 5) is 0. The van der Waals surface area contributed by atoms with Crippen molar-refractivity contribution < 1.29 is 49.0 Å². The molecule has 0 aromatic heterocycles. The molecule has 1 aliphatic carbocycles. The van der Waals surface area contributed by atoms with Gasteiger partial charge in [-0.25, -0.2) is 12.1 Å². The minimum absolute atomic E-state index is 0. The molecule has 228 valence electrons. The van der Waals surface area contributed by atoms with Crippen molar-refractivity contribution in [1.29, 1.82) is 0 Å². The fraction of sp³-hybridized carbons (Fsp3) is 0.231. The van der Waals surface area contributed by atoms with Gasteiger partial charge in [-0.15, -0.1) is 5.56 Å². The summed E-state index contributed by atoms with van der Waals surface area (Å²) in [5, 5.41) is 0. The van der Waals surface area contributed by atoms with Crippen molar-refractivity contribution in [2.45, 2.75) is 58.8 Å². The number of fused-ring (bicyclic) bond motifs is 3. The molecule has 0 bridgehead atoms. The quantitative estimate of drug-likeness (QED) is 0.206. The number of rotatable bonds is 2. The molecule has 5 aromatic rings. The Labute approximate surface area is 308 Å². The van der Waals surface area contributed by atoms with Crippen molar-refractivity contribution in [3.63, 3.8) is 0 Å². The van der Waals surface area contributed by atoms with E-state index in [4.69, 9.17) is 0 Å². The predicted molar refractivity (Wildman–Crippen MR) is 184 cm³/mol. The molecule has 44 heavy (non-hydrogen) atoms. The van der Waals surface area contributed by atoms with Crippen molar-refractivity contribution in [3.8, 4) is 11.1 Å². The molecule has 1 aliphatic rings. The van der Waals surface area contributed by atoms with Gasteiger partial charge in [0.15, 0.2) is 0 Å². The second-order valence-electron chi connectivity index (χ2n) is 12.7. The van der Waals surface area contributed by atoms with Crippen molar-refractivity contribution in [2.24, 2.45) is 0 Å². The summed E-state index contributed by atoms with van der Waals surface area (Å²) in [6.07, 6.45) is 1.03. The normalized spacial score (nSPS) is 11.3. The van der Waals surface area contributed by atoms with Crippen molar-refractivity contribution >= 4 is 35.1 Å². The summed E-state index contributed by atoms with van der Waals surface area (Å²) in [5.41, 5.74) is 11.3. The van der Waals surface area contributed by atoms with Crippen LogP contribution in [0.5, 0.6) is 0 Å². The van der Waals surface area contributed by atoms with Gasteiger partial charge in [-0.2, -0.15) is 47.5 Å². The fourth-order valence-corrected chi connectivity index (χ4v) is 6.32. The van der Waals surface area contributed by atoms with E-state index < -0.39 is 0 Å². The van der Waals surface area contributed by atoms with E-state index in [-0.39, 0.29) is 35.6 Å². The molecular weight excluding hydrogens is 790 g/mol. The monoisotopic (exact) mass is 824 g/mol. The smallest absolute Gasteiger partial charge is 0.0132 e. The second-order valence-corrected chi connectivity index (χ2v) is 15.7. The van der Waals surface area contributed by atoms with Crippen LogP contribution in [-0.2, 0) is 41.5 Å². The van der Waals surface area contributed by atoms with Gasteiger partial charge in [-0.3, -0.25) is 0 Å². The summed E-state index contributed by atoms with van der Waals surface area (Å²) in [6.45, 7) is 13.6. The molecule has 5 heteroatoms. The van der Waals surface area contributed by atoms with Gasteiger partial charge in [0, 0.05) is 0 Å².